The van der Waals surface area contributed by atoms with E-state index in [4.69, 9.17) is 4.74 Å². The van der Waals surface area contributed by atoms with Crippen molar-refractivity contribution in [2.45, 2.75) is 38.5 Å². The maximum atomic E-state index is 12.6. The molecule has 118 valence electrons. The number of hydrogen-bond donors (Lipinski definition) is 0. The molecule has 21 heavy (non-hydrogen) atoms. The summed E-state index contributed by atoms with van der Waals surface area (Å²) in [5.41, 5.74) is -0.181. The van der Waals surface area contributed by atoms with E-state index in [0.29, 0.717) is 19.1 Å². The third-order valence-corrected chi connectivity index (χ3v) is 5.55. The van der Waals surface area contributed by atoms with Crippen LogP contribution in [0.2, 0.25) is 0 Å². The SMILES string of the molecule is CN1CCC2(CCCN(C(=O)C3CCOCC3)CC2)C1=O. The zero-order chi connectivity index (χ0) is 14.9. The number of likely N-dealkylation sites (tertiary alicyclic amines) is 2. The number of carbonyl (C=O) groups is 2. The smallest absolute Gasteiger partial charge is 0.228 e. The van der Waals surface area contributed by atoms with Crippen LogP contribution >= 0.6 is 0 Å². The molecule has 2 amide bonds. The third-order valence-electron chi connectivity index (χ3n) is 5.55. The number of carbonyl (C=O) groups excluding carboxylic acids is 2. The average Bonchev–Trinajstić information content (AvgIpc) is 2.71. The molecule has 0 aromatic carbocycles. The summed E-state index contributed by atoms with van der Waals surface area (Å²) in [4.78, 5) is 28.9. The van der Waals surface area contributed by atoms with Crippen LogP contribution in [0.5, 0.6) is 0 Å². The summed E-state index contributed by atoms with van der Waals surface area (Å²) >= 11 is 0. The first-order chi connectivity index (χ1) is 10.1. The molecule has 3 aliphatic rings. The van der Waals surface area contributed by atoms with Crippen LogP contribution in [0.3, 0.4) is 0 Å². The molecule has 3 heterocycles. The predicted molar refractivity (Wildman–Crippen MR) is 78.7 cm³/mol. The van der Waals surface area contributed by atoms with E-state index in [-0.39, 0.29) is 17.2 Å². The maximum absolute atomic E-state index is 12.6. The summed E-state index contributed by atoms with van der Waals surface area (Å²) < 4.78 is 5.34. The van der Waals surface area contributed by atoms with Gasteiger partial charge in [-0.15, -0.1) is 0 Å². The Labute approximate surface area is 126 Å². The lowest BCUT2D eigenvalue weighted by Gasteiger charge is -2.29. The Hall–Kier alpha value is -1.10. The van der Waals surface area contributed by atoms with E-state index in [1.807, 2.05) is 16.8 Å². The van der Waals surface area contributed by atoms with Crippen molar-refractivity contribution in [3.63, 3.8) is 0 Å². The molecule has 0 N–H and O–H groups in total. The Kier molecular flexibility index (Phi) is 4.20. The first-order valence-electron chi connectivity index (χ1n) is 8.24. The van der Waals surface area contributed by atoms with Crippen LogP contribution in [0.4, 0.5) is 0 Å². The average molecular weight is 294 g/mol. The zero-order valence-electron chi connectivity index (χ0n) is 13.0. The molecule has 3 fully saturated rings. The molecule has 1 unspecified atom stereocenters. The molecule has 1 spiro atoms. The van der Waals surface area contributed by atoms with Gasteiger partial charge in [0.05, 0.1) is 5.41 Å². The van der Waals surface area contributed by atoms with Gasteiger partial charge in [-0.3, -0.25) is 9.59 Å². The second-order valence-corrected chi connectivity index (χ2v) is 6.82. The molecule has 0 radical (unpaired) electrons. The molecule has 1 atom stereocenters. The number of amides is 2. The fourth-order valence-corrected chi connectivity index (χ4v) is 4.08. The minimum Gasteiger partial charge on any atom is -0.381 e. The van der Waals surface area contributed by atoms with Crippen molar-refractivity contribution in [2.75, 3.05) is 39.9 Å². The fraction of sp³-hybridized carbons (Fsp3) is 0.875. The largest absolute Gasteiger partial charge is 0.381 e. The molecule has 0 bridgehead atoms. The van der Waals surface area contributed by atoms with Crippen molar-refractivity contribution in [2.24, 2.45) is 11.3 Å². The van der Waals surface area contributed by atoms with Crippen LogP contribution in [0, 0.1) is 11.3 Å². The van der Waals surface area contributed by atoms with Gasteiger partial charge in [0.2, 0.25) is 11.8 Å². The number of nitrogens with zero attached hydrogens (tertiary/aromatic N) is 2. The normalized spacial score (nSPS) is 31.8. The highest BCUT2D eigenvalue weighted by molar-refractivity contribution is 5.85. The van der Waals surface area contributed by atoms with Gasteiger partial charge in [0.1, 0.15) is 0 Å². The van der Waals surface area contributed by atoms with Crippen LogP contribution in [-0.4, -0.2) is 61.5 Å². The molecule has 0 aliphatic carbocycles. The summed E-state index contributed by atoms with van der Waals surface area (Å²) in [5.74, 6) is 0.715. The van der Waals surface area contributed by atoms with Crippen LogP contribution in [0.1, 0.15) is 38.5 Å². The summed E-state index contributed by atoms with van der Waals surface area (Å²) in [6, 6.07) is 0. The molecule has 0 saturated carbocycles. The Bertz CT molecular complexity index is 420. The van der Waals surface area contributed by atoms with Gasteiger partial charge in [-0.1, -0.05) is 0 Å². The number of hydrogen-bond acceptors (Lipinski definition) is 3. The van der Waals surface area contributed by atoms with Gasteiger partial charge in [-0.2, -0.15) is 0 Å². The standard InChI is InChI=1S/C16H26N2O3/c1-17-9-6-16(15(17)20)5-2-8-18(10-7-16)14(19)13-3-11-21-12-4-13/h13H,2-12H2,1H3. The van der Waals surface area contributed by atoms with Crippen molar-refractivity contribution in [3.8, 4) is 0 Å². The Morgan fingerprint density at radius 1 is 1.14 bits per heavy atom. The molecule has 5 nitrogen and oxygen atoms in total. The first kappa shape index (κ1) is 14.8. The van der Waals surface area contributed by atoms with E-state index >= 15 is 0 Å². The molecule has 3 aliphatic heterocycles. The lowest BCUT2D eigenvalue weighted by Crippen LogP contribution is -2.40. The lowest BCUT2D eigenvalue weighted by molar-refractivity contribution is -0.139. The molecule has 0 aromatic rings. The third kappa shape index (κ3) is 2.80. The van der Waals surface area contributed by atoms with E-state index in [0.717, 1.165) is 58.2 Å². The van der Waals surface area contributed by atoms with Gasteiger partial charge in [0, 0.05) is 45.8 Å². The maximum Gasteiger partial charge on any atom is 0.228 e. The minimum atomic E-state index is -0.181. The summed E-state index contributed by atoms with van der Waals surface area (Å²) in [6.45, 7) is 3.84. The summed E-state index contributed by atoms with van der Waals surface area (Å²) in [7, 11) is 1.90. The molecule has 3 saturated heterocycles. The second-order valence-electron chi connectivity index (χ2n) is 6.82. The summed E-state index contributed by atoms with van der Waals surface area (Å²) in [6.07, 6.45) is 5.39. The Morgan fingerprint density at radius 2 is 1.86 bits per heavy atom. The highest BCUT2D eigenvalue weighted by Crippen LogP contribution is 2.41. The van der Waals surface area contributed by atoms with Gasteiger partial charge in [0.25, 0.3) is 0 Å². The zero-order valence-corrected chi connectivity index (χ0v) is 13.0. The minimum absolute atomic E-state index is 0.134. The van der Waals surface area contributed by atoms with E-state index < -0.39 is 0 Å². The van der Waals surface area contributed by atoms with Crippen molar-refractivity contribution >= 4 is 11.8 Å². The highest BCUT2D eigenvalue weighted by atomic mass is 16.5. The van der Waals surface area contributed by atoms with Gasteiger partial charge >= 0.3 is 0 Å². The molecule has 0 aromatic heterocycles. The second kappa shape index (κ2) is 5.95. The van der Waals surface area contributed by atoms with Crippen LogP contribution in [0.15, 0.2) is 0 Å². The van der Waals surface area contributed by atoms with Crippen LogP contribution in [-0.2, 0) is 14.3 Å². The van der Waals surface area contributed by atoms with Gasteiger partial charge in [0.15, 0.2) is 0 Å². The van der Waals surface area contributed by atoms with E-state index in [1.165, 1.54) is 0 Å². The predicted octanol–water partition coefficient (Wildman–Crippen LogP) is 1.27. The van der Waals surface area contributed by atoms with Crippen molar-refractivity contribution in [1.29, 1.82) is 0 Å². The van der Waals surface area contributed by atoms with Crippen LogP contribution < -0.4 is 0 Å². The van der Waals surface area contributed by atoms with Gasteiger partial charge in [-0.25, -0.2) is 0 Å². The monoisotopic (exact) mass is 294 g/mol. The molecule has 3 rings (SSSR count). The van der Waals surface area contributed by atoms with E-state index in [9.17, 15) is 9.59 Å². The van der Waals surface area contributed by atoms with Crippen molar-refractivity contribution in [1.82, 2.24) is 9.80 Å². The fourth-order valence-electron chi connectivity index (χ4n) is 4.08. The number of rotatable bonds is 1. The Morgan fingerprint density at radius 3 is 2.52 bits per heavy atom. The van der Waals surface area contributed by atoms with E-state index in [2.05, 4.69) is 0 Å². The van der Waals surface area contributed by atoms with Gasteiger partial charge in [-0.05, 0) is 38.5 Å². The first-order valence-corrected chi connectivity index (χ1v) is 8.24. The Balaban J connectivity index is 1.63. The number of ether oxygens (including phenoxy) is 1. The molecule has 5 heteroatoms. The summed E-state index contributed by atoms with van der Waals surface area (Å²) in [5, 5.41) is 0. The van der Waals surface area contributed by atoms with Crippen LogP contribution in [0.25, 0.3) is 0 Å². The quantitative estimate of drug-likeness (QED) is 0.732. The van der Waals surface area contributed by atoms with Crippen molar-refractivity contribution < 1.29 is 14.3 Å². The highest BCUT2D eigenvalue weighted by Gasteiger charge is 2.46. The molecular weight excluding hydrogens is 268 g/mol. The van der Waals surface area contributed by atoms with Crippen molar-refractivity contribution in [3.05, 3.63) is 0 Å². The van der Waals surface area contributed by atoms with Gasteiger partial charge < -0.3 is 14.5 Å². The van der Waals surface area contributed by atoms with E-state index in [1.54, 1.807) is 0 Å². The topological polar surface area (TPSA) is 49.9 Å². The lowest BCUT2D eigenvalue weighted by atomic mass is 9.79. The molecular formula is C16H26N2O3.